The van der Waals surface area contributed by atoms with Crippen molar-refractivity contribution < 1.29 is 9.18 Å². The number of hydrogen-bond acceptors (Lipinski definition) is 2. The van der Waals surface area contributed by atoms with E-state index in [1.165, 1.54) is 12.1 Å². The molecule has 0 aromatic heterocycles. The van der Waals surface area contributed by atoms with E-state index in [-0.39, 0.29) is 17.9 Å². The van der Waals surface area contributed by atoms with Gasteiger partial charge in [0.05, 0.1) is 0 Å². The molecule has 1 aliphatic heterocycles. The summed E-state index contributed by atoms with van der Waals surface area (Å²) in [4.78, 5) is 11.8. The van der Waals surface area contributed by atoms with Crippen molar-refractivity contribution in [3.63, 3.8) is 0 Å². The maximum Gasteiger partial charge on any atom is 0.319 e. The Morgan fingerprint density at radius 3 is 3.00 bits per heavy atom. The van der Waals surface area contributed by atoms with Crippen LogP contribution >= 0.6 is 0 Å². The second kappa shape index (κ2) is 5.82. The number of halogens is 1. The van der Waals surface area contributed by atoms with Crippen LogP contribution in [0.4, 0.5) is 14.9 Å². The number of anilines is 1. The Morgan fingerprint density at radius 1 is 1.50 bits per heavy atom. The van der Waals surface area contributed by atoms with Crippen molar-refractivity contribution in [3.8, 4) is 0 Å². The largest absolute Gasteiger partial charge is 0.334 e. The van der Waals surface area contributed by atoms with Gasteiger partial charge in [-0.2, -0.15) is 0 Å². The lowest BCUT2D eigenvalue weighted by atomic mass is 10.1. The monoisotopic (exact) mass is 251 g/mol. The molecule has 1 fully saturated rings. The first kappa shape index (κ1) is 12.8. The van der Waals surface area contributed by atoms with E-state index in [0.717, 1.165) is 25.9 Å². The highest BCUT2D eigenvalue weighted by Crippen LogP contribution is 2.15. The quantitative estimate of drug-likeness (QED) is 0.753. The third-order valence-corrected chi connectivity index (χ3v) is 3.07. The molecule has 0 radical (unpaired) electrons. The van der Waals surface area contributed by atoms with Crippen LogP contribution < -0.4 is 16.0 Å². The second-order valence-electron chi connectivity index (χ2n) is 4.60. The molecule has 0 spiro atoms. The Bertz CT molecular complexity index is 430. The number of amides is 2. The molecule has 5 heteroatoms. The number of carbonyl (C=O) groups is 1. The first-order valence-electron chi connectivity index (χ1n) is 6.19. The normalized spacial score (nSPS) is 19.3. The van der Waals surface area contributed by atoms with Gasteiger partial charge in [0.1, 0.15) is 5.82 Å². The average molecular weight is 251 g/mol. The highest BCUT2D eigenvalue weighted by molar-refractivity contribution is 5.90. The molecule has 1 aromatic rings. The highest BCUT2D eigenvalue weighted by atomic mass is 19.1. The van der Waals surface area contributed by atoms with Crippen molar-refractivity contribution in [1.82, 2.24) is 10.6 Å². The van der Waals surface area contributed by atoms with Crippen LogP contribution in [0.1, 0.15) is 18.4 Å². The summed E-state index contributed by atoms with van der Waals surface area (Å²) < 4.78 is 12.9. The minimum Gasteiger partial charge on any atom is -0.334 e. The van der Waals surface area contributed by atoms with Gasteiger partial charge in [-0.25, -0.2) is 9.18 Å². The number of rotatable bonds is 2. The molecule has 1 saturated heterocycles. The Morgan fingerprint density at radius 2 is 2.33 bits per heavy atom. The van der Waals surface area contributed by atoms with E-state index in [2.05, 4.69) is 16.0 Å². The number of hydrogen-bond donors (Lipinski definition) is 3. The Labute approximate surface area is 106 Å². The third kappa shape index (κ3) is 3.43. The molecule has 1 aliphatic rings. The zero-order valence-corrected chi connectivity index (χ0v) is 10.4. The van der Waals surface area contributed by atoms with Gasteiger partial charge in [-0.3, -0.25) is 0 Å². The lowest BCUT2D eigenvalue weighted by Gasteiger charge is -2.24. The van der Waals surface area contributed by atoms with Gasteiger partial charge >= 0.3 is 6.03 Å². The Hall–Kier alpha value is -1.62. The molecule has 0 unspecified atom stereocenters. The minimum atomic E-state index is -0.296. The van der Waals surface area contributed by atoms with E-state index >= 15 is 0 Å². The van der Waals surface area contributed by atoms with Crippen molar-refractivity contribution in [2.45, 2.75) is 25.8 Å². The molecule has 0 saturated carbocycles. The predicted molar refractivity (Wildman–Crippen MR) is 69.2 cm³/mol. The maximum absolute atomic E-state index is 12.9. The van der Waals surface area contributed by atoms with E-state index in [0.29, 0.717) is 11.3 Å². The molecule has 1 atom stereocenters. The first-order chi connectivity index (χ1) is 8.65. The molecule has 0 bridgehead atoms. The number of carbonyl (C=O) groups excluding carboxylic acids is 1. The van der Waals surface area contributed by atoms with Crippen LogP contribution in [0, 0.1) is 12.7 Å². The summed E-state index contributed by atoms with van der Waals surface area (Å²) in [6, 6.07) is 4.24. The van der Waals surface area contributed by atoms with Crippen molar-refractivity contribution in [2.24, 2.45) is 0 Å². The summed E-state index contributed by atoms with van der Waals surface area (Å²) in [7, 11) is 0. The Kier molecular flexibility index (Phi) is 4.15. The summed E-state index contributed by atoms with van der Waals surface area (Å²) >= 11 is 0. The molecule has 2 amide bonds. The summed E-state index contributed by atoms with van der Waals surface area (Å²) in [5.74, 6) is -0.296. The molecule has 18 heavy (non-hydrogen) atoms. The van der Waals surface area contributed by atoms with Gasteiger partial charge < -0.3 is 16.0 Å². The zero-order chi connectivity index (χ0) is 13.0. The first-order valence-corrected chi connectivity index (χ1v) is 6.19. The van der Waals surface area contributed by atoms with Gasteiger partial charge in [-0.05, 0) is 50.1 Å². The number of urea groups is 1. The van der Waals surface area contributed by atoms with Crippen molar-refractivity contribution in [2.75, 3.05) is 18.4 Å². The summed E-state index contributed by atoms with van der Waals surface area (Å²) in [6.07, 6.45) is 2.06. The highest BCUT2D eigenvalue weighted by Gasteiger charge is 2.15. The van der Waals surface area contributed by atoms with Gasteiger partial charge in [-0.1, -0.05) is 0 Å². The number of nitrogens with one attached hydrogen (secondary N) is 3. The lowest BCUT2D eigenvalue weighted by molar-refractivity contribution is 0.245. The predicted octanol–water partition coefficient (Wildman–Crippen LogP) is 2.01. The third-order valence-electron chi connectivity index (χ3n) is 3.07. The van der Waals surface area contributed by atoms with Gasteiger partial charge in [0.15, 0.2) is 0 Å². The van der Waals surface area contributed by atoms with E-state index in [4.69, 9.17) is 0 Å². The number of piperidine rings is 1. The van der Waals surface area contributed by atoms with Crippen LogP contribution in [0.5, 0.6) is 0 Å². The van der Waals surface area contributed by atoms with Gasteiger partial charge in [0, 0.05) is 18.3 Å². The lowest BCUT2D eigenvalue weighted by Crippen LogP contribution is -2.47. The summed E-state index contributed by atoms with van der Waals surface area (Å²) in [5, 5.41) is 8.87. The zero-order valence-electron chi connectivity index (χ0n) is 10.4. The second-order valence-corrected chi connectivity index (χ2v) is 4.60. The maximum atomic E-state index is 12.9. The van der Waals surface area contributed by atoms with Crippen LogP contribution in [0.15, 0.2) is 18.2 Å². The molecule has 2 rings (SSSR count). The molecule has 4 nitrogen and oxygen atoms in total. The van der Waals surface area contributed by atoms with Crippen LogP contribution in [-0.4, -0.2) is 25.2 Å². The fraction of sp³-hybridized carbons (Fsp3) is 0.462. The van der Waals surface area contributed by atoms with E-state index < -0.39 is 0 Å². The molecule has 1 aromatic carbocycles. The summed E-state index contributed by atoms with van der Waals surface area (Å²) in [5.41, 5.74) is 1.35. The van der Waals surface area contributed by atoms with Crippen LogP contribution in [0.2, 0.25) is 0 Å². The fourth-order valence-corrected chi connectivity index (χ4v) is 2.09. The van der Waals surface area contributed by atoms with Gasteiger partial charge in [0.25, 0.3) is 0 Å². The van der Waals surface area contributed by atoms with Crippen LogP contribution in [0.25, 0.3) is 0 Å². The smallest absolute Gasteiger partial charge is 0.319 e. The van der Waals surface area contributed by atoms with Crippen molar-refractivity contribution in [3.05, 3.63) is 29.6 Å². The number of benzene rings is 1. The molecular formula is C13H18FN3O. The standard InChI is InChI=1S/C13H18FN3O/c1-9-7-10(14)4-5-12(9)17-13(18)16-11-3-2-6-15-8-11/h4-5,7,11,15H,2-3,6,8H2,1H3,(H2,16,17,18)/t11-/m1/s1. The molecule has 1 heterocycles. The van der Waals surface area contributed by atoms with E-state index in [1.54, 1.807) is 13.0 Å². The average Bonchev–Trinajstić information content (AvgIpc) is 2.34. The summed E-state index contributed by atoms with van der Waals surface area (Å²) in [6.45, 7) is 3.58. The van der Waals surface area contributed by atoms with Crippen LogP contribution in [0.3, 0.4) is 0 Å². The number of aryl methyl sites for hydroxylation is 1. The molecule has 98 valence electrons. The molecule has 0 aliphatic carbocycles. The minimum absolute atomic E-state index is 0.166. The Balaban J connectivity index is 1.90. The van der Waals surface area contributed by atoms with Crippen molar-refractivity contribution >= 4 is 11.7 Å². The SMILES string of the molecule is Cc1cc(F)ccc1NC(=O)N[C@@H]1CCCNC1. The van der Waals surface area contributed by atoms with Gasteiger partial charge in [-0.15, -0.1) is 0 Å². The molecular weight excluding hydrogens is 233 g/mol. The molecule has 3 N–H and O–H groups in total. The van der Waals surface area contributed by atoms with E-state index in [1.807, 2.05) is 0 Å². The topological polar surface area (TPSA) is 53.2 Å². The van der Waals surface area contributed by atoms with Gasteiger partial charge in [0.2, 0.25) is 0 Å². The van der Waals surface area contributed by atoms with Crippen LogP contribution in [-0.2, 0) is 0 Å². The van der Waals surface area contributed by atoms with E-state index in [9.17, 15) is 9.18 Å². The van der Waals surface area contributed by atoms with Crippen molar-refractivity contribution in [1.29, 1.82) is 0 Å². The fourth-order valence-electron chi connectivity index (χ4n) is 2.09.